The Balaban J connectivity index is 1.41. The summed E-state index contributed by atoms with van der Waals surface area (Å²) in [6.07, 6.45) is 1.55. The number of methoxy groups -OCH3 is 1. The Morgan fingerprint density at radius 2 is 1.81 bits per heavy atom. The lowest BCUT2D eigenvalue weighted by molar-refractivity contribution is -0.128. The van der Waals surface area contributed by atoms with Crippen molar-refractivity contribution in [3.8, 4) is 5.75 Å². The maximum atomic E-state index is 12.5. The first kappa shape index (κ1) is 21.6. The summed E-state index contributed by atoms with van der Waals surface area (Å²) in [6.45, 7) is 0.567. The van der Waals surface area contributed by atoms with Gasteiger partial charge in [0.2, 0.25) is 5.91 Å². The van der Waals surface area contributed by atoms with Gasteiger partial charge in [0.15, 0.2) is 0 Å². The number of amides is 2. The van der Waals surface area contributed by atoms with E-state index in [1.807, 2.05) is 71.6 Å². The van der Waals surface area contributed by atoms with Crippen LogP contribution in [-0.4, -0.2) is 35.8 Å². The van der Waals surface area contributed by atoms with Crippen molar-refractivity contribution in [3.05, 3.63) is 101 Å². The molecule has 1 atom stereocenters. The minimum Gasteiger partial charge on any atom is -0.496 e. The van der Waals surface area contributed by atoms with E-state index in [1.165, 1.54) is 0 Å². The fraction of sp³-hybridized carbons (Fsp3) is 0.160. The highest BCUT2D eigenvalue weighted by molar-refractivity contribution is 8.00. The summed E-state index contributed by atoms with van der Waals surface area (Å²) in [4.78, 5) is 26.8. The molecule has 0 spiro atoms. The van der Waals surface area contributed by atoms with Crippen molar-refractivity contribution in [1.29, 1.82) is 0 Å². The van der Waals surface area contributed by atoms with Crippen LogP contribution in [0.15, 0.2) is 84.0 Å². The molecule has 1 unspecified atom stereocenters. The van der Waals surface area contributed by atoms with Crippen LogP contribution in [0.4, 0.5) is 0 Å². The molecule has 1 aliphatic rings. The van der Waals surface area contributed by atoms with Gasteiger partial charge >= 0.3 is 0 Å². The van der Waals surface area contributed by atoms with Crippen molar-refractivity contribution in [3.63, 3.8) is 0 Å². The molecule has 3 aromatic carbocycles. The third-order valence-corrected chi connectivity index (χ3v) is 6.39. The van der Waals surface area contributed by atoms with Gasteiger partial charge in [0, 0.05) is 17.7 Å². The largest absolute Gasteiger partial charge is 0.496 e. The molecule has 4 rings (SSSR count). The highest BCUT2D eigenvalue weighted by Gasteiger charge is 2.32. The SMILES string of the molecule is COc1ccccc1C=NNC(=O)c1ccc(C2SCC(=O)N2Cc2ccccc2)cc1. The van der Waals surface area contributed by atoms with Gasteiger partial charge in [-0.25, -0.2) is 5.43 Å². The summed E-state index contributed by atoms with van der Waals surface area (Å²) in [5.74, 6) is 0.950. The number of thioether (sulfide) groups is 1. The van der Waals surface area contributed by atoms with Crippen LogP contribution in [0.25, 0.3) is 0 Å². The number of para-hydroxylation sites is 1. The Labute approximate surface area is 191 Å². The number of nitrogens with one attached hydrogen (secondary N) is 1. The van der Waals surface area contributed by atoms with Gasteiger partial charge in [0.25, 0.3) is 5.91 Å². The Kier molecular flexibility index (Phi) is 6.87. The van der Waals surface area contributed by atoms with Crippen molar-refractivity contribution < 1.29 is 14.3 Å². The van der Waals surface area contributed by atoms with Crippen molar-refractivity contribution in [2.45, 2.75) is 11.9 Å². The monoisotopic (exact) mass is 445 g/mol. The first-order chi connectivity index (χ1) is 15.7. The maximum Gasteiger partial charge on any atom is 0.271 e. The van der Waals surface area contributed by atoms with Gasteiger partial charge in [-0.2, -0.15) is 5.10 Å². The molecule has 7 heteroatoms. The van der Waals surface area contributed by atoms with Gasteiger partial charge in [-0.1, -0.05) is 54.6 Å². The summed E-state index contributed by atoms with van der Waals surface area (Å²) < 4.78 is 5.27. The number of hydrogen-bond acceptors (Lipinski definition) is 5. The summed E-state index contributed by atoms with van der Waals surface area (Å²) in [7, 11) is 1.59. The highest BCUT2D eigenvalue weighted by Crippen LogP contribution is 2.39. The number of hydrogen-bond donors (Lipinski definition) is 1. The van der Waals surface area contributed by atoms with Crippen LogP contribution in [-0.2, 0) is 11.3 Å². The zero-order valence-corrected chi connectivity index (χ0v) is 18.4. The van der Waals surface area contributed by atoms with Gasteiger partial charge in [-0.3, -0.25) is 9.59 Å². The van der Waals surface area contributed by atoms with Gasteiger partial charge in [-0.05, 0) is 35.4 Å². The standard InChI is InChI=1S/C25H23N3O3S/c1-31-22-10-6-5-9-21(22)15-26-27-24(30)19-11-13-20(14-12-19)25-28(23(29)17-32-25)16-18-7-3-2-4-8-18/h2-15,25H,16-17H2,1H3,(H,27,30). The van der Waals surface area contributed by atoms with E-state index in [0.29, 0.717) is 23.6 Å². The molecular weight excluding hydrogens is 422 g/mol. The zero-order chi connectivity index (χ0) is 22.3. The Hall–Kier alpha value is -3.58. The molecule has 1 saturated heterocycles. The maximum absolute atomic E-state index is 12.5. The van der Waals surface area contributed by atoms with Crippen LogP contribution in [0.3, 0.4) is 0 Å². The zero-order valence-electron chi connectivity index (χ0n) is 17.6. The Morgan fingerprint density at radius 3 is 2.56 bits per heavy atom. The topological polar surface area (TPSA) is 71.0 Å². The molecule has 0 aromatic heterocycles. The number of carbonyl (C=O) groups is 2. The molecule has 1 N–H and O–H groups in total. The molecule has 1 aliphatic heterocycles. The van der Waals surface area contributed by atoms with Crippen LogP contribution in [0.5, 0.6) is 5.75 Å². The van der Waals surface area contributed by atoms with E-state index in [9.17, 15) is 9.59 Å². The quantitative estimate of drug-likeness (QED) is 0.436. The second kappa shape index (κ2) is 10.2. The van der Waals surface area contributed by atoms with E-state index < -0.39 is 0 Å². The fourth-order valence-electron chi connectivity index (χ4n) is 3.48. The molecule has 3 aromatic rings. The van der Waals surface area contributed by atoms with Crippen LogP contribution >= 0.6 is 11.8 Å². The summed E-state index contributed by atoms with van der Waals surface area (Å²) in [5.41, 5.74) is 5.89. The van der Waals surface area contributed by atoms with E-state index in [1.54, 1.807) is 37.2 Å². The summed E-state index contributed by atoms with van der Waals surface area (Å²) >= 11 is 1.60. The minimum atomic E-state index is -0.306. The second-order valence-corrected chi connectivity index (χ2v) is 8.30. The average Bonchev–Trinajstić information content (AvgIpc) is 3.20. The van der Waals surface area contributed by atoms with Crippen molar-refractivity contribution in [1.82, 2.24) is 10.3 Å². The molecule has 2 amide bonds. The van der Waals surface area contributed by atoms with E-state index in [2.05, 4.69) is 10.5 Å². The van der Waals surface area contributed by atoms with Crippen LogP contribution in [0.1, 0.15) is 32.4 Å². The van der Waals surface area contributed by atoms with E-state index in [4.69, 9.17) is 4.74 Å². The number of nitrogens with zero attached hydrogens (tertiary/aromatic N) is 2. The average molecular weight is 446 g/mol. The van der Waals surface area contributed by atoms with Crippen molar-refractivity contribution in [2.24, 2.45) is 5.10 Å². The highest BCUT2D eigenvalue weighted by atomic mass is 32.2. The number of ether oxygens (including phenoxy) is 1. The number of hydrazone groups is 1. The Bertz CT molecular complexity index is 1120. The van der Waals surface area contributed by atoms with Gasteiger partial charge in [0.05, 0.1) is 19.1 Å². The fourth-order valence-corrected chi connectivity index (χ4v) is 4.67. The van der Waals surface area contributed by atoms with E-state index in [-0.39, 0.29) is 17.2 Å². The molecule has 162 valence electrons. The summed E-state index contributed by atoms with van der Waals surface area (Å²) in [6, 6.07) is 24.7. The number of benzene rings is 3. The molecule has 32 heavy (non-hydrogen) atoms. The first-order valence-corrected chi connectivity index (χ1v) is 11.2. The van der Waals surface area contributed by atoms with Gasteiger partial charge in [0.1, 0.15) is 11.1 Å². The van der Waals surface area contributed by atoms with Crippen LogP contribution in [0, 0.1) is 0 Å². The lowest BCUT2D eigenvalue weighted by Gasteiger charge is -2.24. The molecule has 0 bridgehead atoms. The first-order valence-electron chi connectivity index (χ1n) is 10.2. The van der Waals surface area contributed by atoms with Gasteiger partial charge < -0.3 is 9.64 Å². The van der Waals surface area contributed by atoms with Crippen LogP contribution in [0.2, 0.25) is 0 Å². The third kappa shape index (κ3) is 5.00. The molecule has 0 radical (unpaired) electrons. The van der Waals surface area contributed by atoms with Crippen molar-refractivity contribution in [2.75, 3.05) is 12.9 Å². The van der Waals surface area contributed by atoms with E-state index in [0.717, 1.165) is 16.7 Å². The lowest BCUT2D eigenvalue weighted by Crippen LogP contribution is -2.27. The smallest absolute Gasteiger partial charge is 0.271 e. The lowest BCUT2D eigenvalue weighted by atomic mass is 10.1. The molecule has 6 nitrogen and oxygen atoms in total. The predicted octanol–water partition coefficient (Wildman–Crippen LogP) is 4.23. The molecule has 0 saturated carbocycles. The van der Waals surface area contributed by atoms with Crippen molar-refractivity contribution >= 4 is 29.8 Å². The Morgan fingerprint density at radius 1 is 1.09 bits per heavy atom. The second-order valence-electron chi connectivity index (χ2n) is 7.23. The summed E-state index contributed by atoms with van der Waals surface area (Å²) in [5, 5.41) is 3.97. The molecular formula is C25H23N3O3S. The number of carbonyl (C=O) groups excluding carboxylic acids is 2. The minimum absolute atomic E-state index is 0.0663. The molecule has 0 aliphatic carbocycles. The predicted molar refractivity (Wildman–Crippen MR) is 127 cm³/mol. The van der Waals surface area contributed by atoms with Gasteiger partial charge in [-0.15, -0.1) is 11.8 Å². The van der Waals surface area contributed by atoms with E-state index >= 15 is 0 Å². The third-order valence-electron chi connectivity index (χ3n) is 5.13. The molecule has 1 heterocycles. The van der Waals surface area contributed by atoms with Crippen LogP contribution < -0.4 is 10.2 Å². The number of rotatable bonds is 7. The molecule has 1 fully saturated rings. The normalized spacial score (nSPS) is 15.8.